The molecule has 0 saturated heterocycles. The monoisotopic (exact) mass is 682 g/mol. The molecule has 0 radical (unpaired) electrons. The second-order valence-corrected chi connectivity index (χ2v) is 16.4. The predicted molar refractivity (Wildman–Crippen MR) is 196 cm³/mol. The standard InChI is InChI=1S/C39H54O6S2/c1-26-19-31(20-27(2)36(26)43-17-18-46-33-13-9-7-10-14-33)32-21-28(3)37(29(4)22-32)44-24-39(6,25-47-34-15-11-8-12-16-34)45-38(42)30(5)23-35(40)41/h19-23,33-34H,7-18,24-25H2,1-6H3,(H,40,41)/b30-23-. The van der Waals surface area contributed by atoms with Gasteiger partial charge in [0.05, 0.1) is 6.61 Å². The molecule has 0 amide bonds. The maximum atomic E-state index is 12.9. The largest absolute Gasteiger partial charge is 0.492 e. The fourth-order valence-electron chi connectivity index (χ4n) is 6.68. The number of ether oxygens (including phenoxy) is 3. The first-order valence-corrected chi connectivity index (χ1v) is 19.4. The summed E-state index contributed by atoms with van der Waals surface area (Å²) in [5.74, 6) is 1.57. The van der Waals surface area contributed by atoms with Crippen molar-refractivity contribution in [2.24, 2.45) is 0 Å². The average molecular weight is 683 g/mol. The Morgan fingerprint density at radius 1 is 0.787 bits per heavy atom. The summed E-state index contributed by atoms with van der Waals surface area (Å²) in [5.41, 5.74) is 5.68. The highest BCUT2D eigenvalue weighted by atomic mass is 32.2. The van der Waals surface area contributed by atoms with Gasteiger partial charge in [-0.15, -0.1) is 0 Å². The predicted octanol–water partition coefficient (Wildman–Crippen LogP) is 9.81. The second-order valence-electron chi connectivity index (χ2n) is 13.7. The fraction of sp³-hybridized carbons (Fsp3) is 0.590. The Bertz CT molecular complexity index is 1360. The van der Waals surface area contributed by atoms with Gasteiger partial charge in [-0.3, -0.25) is 0 Å². The second kappa shape index (κ2) is 17.7. The Balaban J connectivity index is 1.43. The summed E-state index contributed by atoms with van der Waals surface area (Å²) in [4.78, 5) is 24.0. The first-order chi connectivity index (χ1) is 22.4. The van der Waals surface area contributed by atoms with Gasteiger partial charge in [-0.2, -0.15) is 23.5 Å². The lowest BCUT2D eigenvalue weighted by molar-refractivity contribution is -0.154. The minimum atomic E-state index is -1.17. The highest BCUT2D eigenvalue weighted by molar-refractivity contribution is 8.00. The summed E-state index contributed by atoms with van der Waals surface area (Å²) in [7, 11) is 0. The number of carboxylic acid groups (broad SMARTS) is 1. The third-order valence-electron chi connectivity index (χ3n) is 9.19. The third-order valence-corrected chi connectivity index (χ3v) is 12.3. The molecule has 8 heteroatoms. The first-order valence-electron chi connectivity index (χ1n) is 17.3. The maximum Gasteiger partial charge on any atom is 0.334 e. The Kier molecular flexibility index (Phi) is 14.0. The lowest BCUT2D eigenvalue weighted by Crippen LogP contribution is -2.41. The highest BCUT2D eigenvalue weighted by Gasteiger charge is 2.33. The van der Waals surface area contributed by atoms with Gasteiger partial charge in [0.15, 0.2) is 5.60 Å². The van der Waals surface area contributed by atoms with Gasteiger partial charge < -0.3 is 19.3 Å². The zero-order valence-corrected chi connectivity index (χ0v) is 30.9. The van der Waals surface area contributed by atoms with E-state index in [2.05, 4.69) is 49.9 Å². The number of thioether (sulfide) groups is 2. The normalized spacial score (nSPS) is 17.6. The van der Waals surface area contributed by atoms with Crippen LogP contribution in [0.15, 0.2) is 35.9 Å². The van der Waals surface area contributed by atoms with E-state index in [1.807, 2.05) is 32.5 Å². The smallest absolute Gasteiger partial charge is 0.334 e. The molecule has 4 rings (SSSR count). The molecule has 0 bridgehead atoms. The van der Waals surface area contributed by atoms with Crippen LogP contribution in [0, 0.1) is 27.7 Å². The molecule has 2 aliphatic rings. The van der Waals surface area contributed by atoms with E-state index in [1.165, 1.54) is 71.1 Å². The van der Waals surface area contributed by atoms with Crippen LogP contribution in [0.3, 0.4) is 0 Å². The van der Waals surface area contributed by atoms with Crippen LogP contribution in [-0.4, -0.2) is 57.9 Å². The SMILES string of the molecule is C/C(=C/C(=O)O)C(=O)OC(C)(COc1c(C)cc(-c2cc(C)c(OCCSC3CCCCC3)c(C)c2)cc1C)CSC1CCCCC1. The van der Waals surface area contributed by atoms with Gasteiger partial charge in [0.1, 0.15) is 18.1 Å². The third kappa shape index (κ3) is 11.2. The molecule has 0 heterocycles. The molecule has 6 nitrogen and oxygen atoms in total. The number of benzene rings is 2. The molecule has 2 saturated carbocycles. The van der Waals surface area contributed by atoms with Crippen LogP contribution in [-0.2, 0) is 14.3 Å². The average Bonchev–Trinajstić information content (AvgIpc) is 3.03. The molecule has 2 aromatic carbocycles. The topological polar surface area (TPSA) is 82.1 Å². The quantitative estimate of drug-likeness (QED) is 0.113. The van der Waals surface area contributed by atoms with Crippen LogP contribution in [0.1, 0.15) is 100 Å². The molecule has 2 fully saturated rings. The Morgan fingerprint density at radius 3 is 1.74 bits per heavy atom. The van der Waals surface area contributed by atoms with Crippen LogP contribution in [0.5, 0.6) is 11.5 Å². The van der Waals surface area contributed by atoms with Crippen molar-refractivity contribution in [1.82, 2.24) is 0 Å². The van der Waals surface area contributed by atoms with Crippen LogP contribution in [0.4, 0.5) is 0 Å². The van der Waals surface area contributed by atoms with Crippen molar-refractivity contribution in [2.75, 3.05) is 24.7 Å². The van der Waals surface area contributed by atoms with Crippen molar-refractivity contribution in [2.45, 2.75) is 122 Å². The molecule has 47 heavy (non-hydrogen) atoms. The fourth-order valence-corrected chi connectivity index (χ4v) is 9.26. The number of esters is 1. The van der Waals surface area contributed by atoms with Crippen molar-refractivity contribution in [3.05, 3.63) is 58.2 Å². The Hall–Kier alpha value is -2.58. The zero-order chi connectivity index (χ0) is 34.0. The molecule has 1 unspecified atom stereocenters. The van der Waals surface area contributed by atoms with E-state index in [0.717, 1.165) is 68.6 Å². The van der Waals surface area contributed by atoms with Crippen LogP contribution < -0.4 is 9.47 Å². The minimum absolute atomic E-state index is 0.0587. The van der Waals surface area contributed by atoms with E-state index >= 15 is 0 Å². The molecule has 0 aliphatic heterocycles. The lowest BCUT2D eigenvalue weighted by atomic mass is 9.96. The van der Waals surface area contributed by atoms with Gasteiger partial charge in [0.25, 0.3) is 0 Å². The van der Waals surface area contributed by atoms with E-state index in [4.69, 9.17) is 19.3 Å². The number of rotatable bonds is 15. The number of carbonyl (C=O) groups is 2. The van der Waals surface area contributed by atoms with Gasteiger partial charge >= 0.3 is 11.9 Å². The first kappa shape index (κ1) is 37.2. The molecule has 1 atom stereocenters. The van der Waals surface area contributed by atoms with Crippen LogP contribution in [0.2, 0.25) is 0 Å². The van der Waals surface area contributed by atoms with Crippen molar-refractivity contribution >= 4 is 35.5 Å². The summed E-state index contributed by atoms with van der Waals surface area (Å²) in [6.07, 6.45) is 13.8. The van der Waals surface area contributed by atoms with Crippen molar-refractivity contribution in [3.63, 3.8) is 0 Å². The zero-order valence-electron chi connectivity index (χ0n) is 29.2. The number of aryl methyl sites for hydroxylation is 4. The molecule has 0 spiro atoms. The van der Waals surface area contributed by atoms with Crippen molar-refractivity contribution in [1.29, 1.82) is 0 Å². The highest BCUT2D eigenvalue weighted by Crippen LogP contribution is 2.36. The van der Waals surface area contributed by atoms with Crippen molar-refractivity contribution < 1.29 is 28.9 Å². The van der Waals surface area contributed by atoms with Gasteiger partial charge in [0, 0.05) is 33.7 Å². The van der Waals surface area contributed by atoms with Gasteiger partial charge in [0.2, 0.25) is 0 Å². The number of carbonyl (C=O) groups excluding carboxylic acids is 1. The molecule has 2 aliphatic carbocycles. The van der Waals surface area contributed by atoms with Gasteiger partial charge in [-0.25, -0.2) is 9.59 Å². The van der Waals surface area contributed by atoms with E-state index in [0.29, 0.717) is 11.0 Å². The Morgan fingerprint density at radius 2 is 1.26 bits per heavy atom. The molecular weight excluding hydrogens is 629 g/mol. The Labute approximate surface area is 290 Å². The summed E-state index contributed by atoms with van der Waals surface area (Å²) >= 11 is 3.89. The summed E-state index contributed by atoms with van der Waals surface area (Å²) < 4.78 is 18.7. The summed E-state index contributed by atoms with van der Waals surface area (Å²) in [6.45, 7) is 12.6. The number of carboxylic acids is 1. The number of aliphatic carboxylic acids is 1. The number of hydrogen-bond donors (Lipinski definition) is 1. The van der Waals surface area contributed by atoms with Crippen LogP contribution >= 0.6 is 23.5 Å². The number of hydrogen-bond acceptors (Lipinski definition) is 7. The van der Waals surface area contributed by atoms with Gasteiger partial charge in [-0.05, 0) is 125 Å². The summed E-state index contributed by atoms with van der Waals surface area (Å²) in [6, 6.07) is 8.71. The molecule has 258 valence electrons. The molecule has 1 N–H and O–H groups in total. The maximum absolute atomic E-state index is 12.9. The van der Waals surface area contributed by atoms with E-state index in [-0.39, 0.29) is 12.2 Å². The van der Waals surface area contributed by atoms with Crippen LogP contribution in [0.25, 0.3) is 11.1 Å². The minimum Gasteiger partial charge on any atom is -0.492 e. The lowest BCUT2D eigenvalue weighted by Gasteiger charge is -2.32. The van der Waals surface area contributed by atoms with E-state index in [1.54, 1.807) is 0 Å². The molecular formula is C39H54O6S2. The summed E-state index contributed by atoms with van der Waals surface area (Å²) in [5, 5.41) is 10.5. The van der Waals surface area contributed by atoms with E-state index in [9.17, 15) is 9.59 Å². The van der Waals surface area contributed by atoms with E-state index < -0.39 is 17.5 Å². The molecule has 2 aromatic rings. The van der Waals surface area contributed by atoms with Crippen molar-refractivity contribution in [3.8, 4) is 22.6 Å². The van der Waals surface area contributed by atoms with Gasteiger partial charge in [-0.1, -0.05) is 38.5 Å². The molecule has 0 aromatic heterocycles.